The van der Waals surface area contributed by atoms with Crippen molar-refractivity contribution in [3.63, 3.8) is 0 Å². The lowest BCUT2D eigenvalue weighted by Crippen LogP contribution is -2.20. The van der Waals surface area contributed by atoms with Crippen molar-refractivity contribution in [1.82, 2.24) is 9.78 Å². The summed E-state index contributed by atoms with van der Waals surface area (Å²) in [5.74, 6) is 0.817. The van der Waals surface area contributed by atoms with Crippen LogP contribution in [-0.2, 0) is 9.84 Å². The van der Waals surface area contributed by atoms with Crippen LogP contribution in [0.15, 0.2) is 4.90 Å². The molecule has 0 saturated carbocycles. The first-order valence-electron chi connectivity index (χ1n) is 7.23. The first-order valence-corrected chi connectivity index (χ1v) is 9.12. The van der Waals surface area contributed by atoms with Crippen molar-refractivity contribution in [3.05, 3.63) is 0 Å². The molecule has 2 N–H and O–H groups in total. The van der Waals surface area contributed by atoms with Gasteiger partial charge in [-0.05, 0) is 25.7 Å². The molecule has 0 radical (unpaired) electrons. The average molecular weight is 300 g/mol. The Morgan fingerprint density at radius 1 is 1.25 bits per heavy atom. The number of anilines is 2. The molecule has 0 unspecified atom stereocenters. The molecule has 0 aliphatic carbocycles. The van der Waals surface area contributed by atoms with Crippen LogP contribution in [0.25, 0.3) is 0 Å². The van der Waals surface area contributed by atoms with Gasteiger partial charge in [0.05, 0.1) is 6.04 Å². The predicted molar refractivity (Wildman–Crippen MR) is 80.8 cm³/mol. The van der Waals surface area contributed by atoms with Gasteiger partial charge >= 0.3 is 0 Å². The van der Waals surface area contributed by atoms with Crippen molar-refractivity contribution in [2.24, 2.45) is 0 Å². The topological polar surface area (TPSA) is 81.2 Å². The van der Waals surface area contributed by atoms with Crippen LogP contribution in [0.1, 0.15) is 45.6 Å². The van der Waals surface area contributed by atoms with Crippen LogP contribution >= 0.6 is 0 Å². The van der Waals surface area contributed by atoms with Gasteiger partial charge < -0.3 is 10.6 Å². The zero-order valence-corrected chi connectivity index (χ0v) is 13.3. The molecule has 0 bridgehead atoms. The van der Waals surface area contributed by atoms with Gasteiger partial charge in [0.1, 0.15) is 5.82 Å². The summed E-state index contributed by atoms with van der Waals surface area (Å²) in [6.07, 6.45) is 5.11. The Balaban J connectivity index is 2.57. The van der Waals surface area contributed by atoms with E-state index in [-0.39, 0.29) is 16.8 Å². The number of hydrogen-bond donors (Lipinski definition) is 1. The number of rotatable bonds is 5. The molecule has 1 fully saturated rings. The van der Waals surface area contributed by atoms with Crippen molar-refractivity contribution in [2.75, 3.05) is 30.0 Å². The third-order valence-corrected chi connectivity index (χ3v) is 5.08. The first-order chi connectivity index (χ1) is 9.40. The van der Waals surface area contributed by atoms with Gasteiger partial charge in [-0.25, -0.2) is 13.1 Å². The lowest BCUT2D eigenvalue weighted by atomic mass is 10.2. The molecule has 1 aromatic heterocycles. The minimum atomic E-state index is -3.38. The lowest BCUT2D eigenvalue weighted by Gasteiger charge is -2.16. The van der Waals surface area contributed by atoms with Crippen LogP contribution < -0.4 is 10.6 Å². The molecule has 1 aliphatic rings. The van der Waals surface area contributed by atoms with E-state index in [1.807, 2.05) is 4.90 Å². The Labute approximate surface area is 120 Å². The summed E-state index contributed by atoms with van der Waals surface area (Å²) in [5, 5.41) is 4.54. The summed E-state index contributed by atoms with van der Waals surface area (Å²) in [4.78, 5) is 2.23. The molecule has 7 heteroatoms. The van der Waals surface area contributed by atoms with Crippen LogP contribution in [0, 0.1) is 0 Å². The summed E-state index contributed by atoms with van der Waals surface area (Å²) in [6, 6.07) is 0.145. The van der Waals surface area contributed by atoms with Crippen LogP contribution in [0.3, 0.4) is 0 Å². The van der Waals surface area contributed by atoms with Crippen molar-refractivity contribution < 1.29 is 8.42 Å². The summed E-state index contributed by atoms with van der Waals surface area (Å²) >= 11 is 0. The molecular formula is C13H24N4O2S. The Morgan fingerprint density at radius 3 is 2.25 bits per heavy atom. The van der Waals surface area contributed by atoms with E-state index < -0.39 is 9.84 Å². The molecule has 0 aromatic carbocycles. The Bertz CT molecular complexity index is 569. The fraction of sp³-hybridized carbons (Fsp3) is 0.769. The maximum absolute atomic E-state index is 12.1. The normalized spacial score (nSPS) is 16.3. The second-order valence-electron chi connectivity index (χ2n) is 5.42. The highest BCUT2D eigenvalue weighted by Gasteiger charge is 2.30. The monoisotopic (exact) mass is 300 g/mol. The zero-order chi connectivity index (χ0) is 14.9. The van der Waals surface area contributed by atoms with E-state index in [0.29, 0.717) is 5.82 Å². The fourth-order valence-electron chi connectivity index (χ4n) is 2.82. The summed E-state index contributed by atoms with van der Waals surface area (Å²) in [5.41, 5.74) is 6.10. The second kappa shape index (κ2) is 5.63. The zero-order valence-electron chi connectivity index (χ0n) is 12.5. The average Bonchev–Trinajstić information content (AvgIpc) is 2.98. The van der Waals surface area contributed by atoms with Gasteiger partial charge in [0.2, 0.25) is 0 Å². The minimum absolute atomic E-state index is 0.145. The third kappa shape index (κ3) is 2.63. The standard InChI is InChI=1S/C13H24N4O2S/c1-4-10(5-2)17-12(14)11(20(3,18)19)13(15-17)16-8-6-7-9-16/h10H,4-9,14H2,1-3H3. The van der Waals surface area contributed by atoms with Crippen molar-refractivity contribution in [3.8, 4) is 0 Å². The molecule has 20 heavy (non-hydrogen) atoms. The Kier molecular flexibility index (Phi) is 4.27. The highest BCUT2D eigenvalue weighted by atomic mass is 32.2. The highest BCUT2D eigenvalue weighted by molar-refractivity contribution is 7.91. The van der Waals surface area contributed by atoms with Gasteiger partial charge in [0.25, 0.3) is 0 Å². The maximum Gasteiger partial charge on any atom is 0.182 e. The largest absolute Gasteiger partial charge is 0.383 e. The van der Waals surface area contributed by atoms with Gasteiger partial charge in [0, 0.05) is 19.3 Å². The quantitative estimate of drug-likeness (QED) is 0.897. The first kappa shape index (κ1) is 15.2. The van der Waals surface area contributed by atoms with E-state index in [1.54, 1.807) is 4.68 Å². The molecule has 6 nitrogen and oxygen atoms in total. The lowest BCUT2D eigenvalue weighted by molar-refractivity contribution is 0.434. The summed E-state index contributed by atoms with van der Waals surface area (Å²) in [7, 11) is -3.38. The van der Waals surface area contributed by atoms with E-state index in [4.69, 9.17) is 5.73 Å². The van der Waals surface area contributed by atoms with Crippen LogP contribution in [0.2, 0.25) is 0 Å². The number of sulfone groups is 1. The molecular weight excluding hydrogens is 276 g/mol. The number of hydrogen-bond acceptors (Lipinski definition) is 5. The SMILES string of the molecule is CCC(CC)n1nc(N2CCCC2)c(S(C)(=O)=O)c1N. The van der Waals surface area contributed by atoms with E-state index >= 15 is 0 Å². The van der Waals surface area contributed by atoms with Crippen molar-refractivity contribution in [2.45, 2.75) is 50.5 Å². The third-order valence-electron chi connectivity index (χ3n) is 3.95. The smallest absolute Gasteiger partial charge is 0.182 e. The van der Waals surface area contributed by atoms with E-state index in [2.05, 4.69) is 18.9 Å². The van der Waals surface area contributed by atoms with Crippen molar-refractivity contribution >= 4 is 21.5 Å². The van der Waals surface area contributed by atoms with Gasteiger partial charge in [-0.3, -0.25) is 0 Å². The molecule has 1 aromatic rings. The molecule has 0 spiro atoms. The fourth-order valence-corrected chi connectivity index (χ4v) is 3.80. The van der Waals surface area contributed by atoms with Crippen LogP contribution in [-0.4, -0.2) is 37.5 Å². The number of nitrogen functional groups attached to an aromatic ring is 1. The van der Waals surface area contributed by atoms with E-state index in [0.717, 1.165) is 38.8 Å². The Morgan fingerprint density at radius 2 is 1.80 bits per heavy atom. The molecule has 1 saturated heterocycles. The van der Waals surface area contributed by atoms with Crippen molar-refractivity contribution in [1.29, 1.82) is 0 Å². The maximum atomic E-state index is 12.1. The van der Waals surface area contributed by atoms with E-state index in [9.17, 15) is 8.42 Å². The van der Waals surface area contributed by atoms with Gasteiger partial charge in [0.15, 0.2) is 20.6 Å². The Hall–Kier alpha value is -1.24. The second-order valence-corrected chi connectivity index (χ2v) is 7.37. The van der Waals surface area contributed by atoms with Gasteiger partial charge in [-0.2, -0.15) is 5.10 Å². The molecule has 114 valence electrons. The number of nitrogens with two attached hydrogens (primary N) is 1. The van der Waals surface area contributed by atoms with Crippen LogP contribution in [0.5, 0.6) is 0 Å². The molecule has 1 aliphatic heterocycles. The van der Waals surface area contributed by atoms with E-state index in [1.165, 1.54) is 6.26 Å². The molecule has 0 amide bonds. The molecule has 2 heterocycles. The highest BCUT2D eigenvalue weighted by Crippen LogP contribution is 2.34. The van der Waals surface area contributed by atoms with Gasteiger partial charge in [-0.15, -0.1) is 0 Å². The molecule has 0 atom stereocenters. The summed E-state index contributed by atoms with van der Waals surface area (Å²) in [6.45, 7) is 5.82. The summed E-state index contributed by atoms with van der Waals surface area (Å²) < 4.78 is 25.9. The molecule has 2 rings (SSSR count). The minimum Gasteiger partial charge on any atom is -0.383 e. The van der Waals surface area contributed by atoms with Gasteiger partial charge in [-0.1, -0.05) is 13.8 Å². The van der Waals surface area contributed by atoms with Crippen LogP contribution in [0.4, 0.5) is 11.6 Å². The predicted octanol–water partition coefficient (Wildman–Crippen LogP) is 1.83. The number of aromatic nitrogens is 2. The number of nitrogens with zero attached hydrogens (tertiary/aromatic N) is 3.